The van der Waals surface area contributed by atoms with Crippen molar-refractivity contribution in [3.8, 4) is 0 Å². The summed E-state index contributed by atoms with van der Waals surface area (Å²) in [4.78, 5) is 11.0. The van der Waals surface area contributed by atoms with E-state index in [2.05, 4.69) is 25.5 Å². The summed E-state index contributed by atoms with van der Waals surface area (Å²) in [6.45, 7) is 5.03. The van der Waals surface area contributed by atoms with Gasteiger partial charge < -0.3 is 20.3 Å². The fraction of sp³-hybridized carbons (Fsp3) is 0.273. The fourth-order valence-corrected chi connectivity index (χ4v) is 3.29. The van der Waals surface area contributed by atoms with Crippen molar-refractivity contribution in [1.29, 1.82) is 0 Å². The van der Waals surface area contributed by atoms with Gasteiger partial charge >= 0.3 is 6.18 Å². The lowest BCUT2D eigenvalue weighted by Crippen LogP contribution is -2.36. The number of anilines is 5. The van der Waals surface area contributed by atoms with Gasteiger partial charge in [0.25, 0.3) is 0 Å². The predicted molar refractivity (Wildman–Crippen MR) is 114 cm³/mol. The van der Waals surface area contributed by atoms with E-state index in [1.54, 1.807) is 6.07 Å². The van der Waals surface area contributed by atoms with Gasteiger partial charge in [0.15, 0.2) is 0 Å². The number of hydrogen-bond acceptors (Lipinski definition) is 6. The molecule has 31 heavy (non-hydrogen) atoms. The summed E-state index contributed by atoms with van der Waals surface area (Å²) in [7, 11) is 0. The number of benzene rings is 2. The monoisotopic (exact) mass is 429 g/mol. The van der Waals surface area contributed by atoms with E-state index < -0.39 is 11.7 Å². The van der Waals surface area contributed by atoms with Crippen LogP contribution in [-0.4, -0.2) is 36.3 Å². The molecule has 0 saturated carbocycles. The van der Waals surface area contributed by atoms with E-state index in [4.69, 9.17) is 4.74 Å². The van der Waals surface area contributed by atoms with Gasteiger partial charge in [0.1, 0.15) is 5.82 Å². The predicted octanol–water partition coefficient (Wildman–Crippen LogP) is 5.13. The minimum Gasteiger partial charge on any atom is -0.378 e. The van der Waals surface area contributed by atoms with Crippen LogP contribution in [0.15, 0.2) is 54.6 Å². The molecule has 0 aliphatic carbocycles. The molecule has 1 fully saturated rings. The summed E-state index contributed by atoms with van der Waals surface area (Å²) in [6.07, 6.45) is -4.37. The molecule has 6 nitrogen and oxygen atoms in total. The van der Waals surface area contributed by atoms with E-state index >= 15 is 0 Å². The van der Waals surface area contributed by atoms with Crippen LogP contribution in [-0.2, 0) is 10.9 Å². The van der Waals surface area contributed by atoms with Crippen LogP contribution in [0.1, 0.15) is 11.3 Å². The van der Waals surface area contributed by atoms with E-state index in [9.17, 15) is 13.2 Å². The fourth-order valence-electron chi connectivity index (χ4n) is 3.29. The number of nitrogens with one attached hydrogen (secondary N) is 2. The van der Waals surface area contributed by atoms with Crippen molar-refractivity contribution in [3.63, 3.8) is 0 Å². The third-order valence-electron chi connectivity index (χ3n) is 4.84. The third-order valence-corrected chi connectivity index (χ3v) is 4.84. The molecule has 162 valence electrons. The first-order chi connectivity index (χ1) is 14.9. The molecule has 0 unspecified atom stereocenters. The Balaban J connectivity index is 1.45. The van der Waals surface area contributed by atoms with Crippen LogP contribution >= 0.6 is 0 Å². The first-order valence-corrected chi connectivity index (χ1v) is 9.86. The highest BCUT2D eigenvalue weighted by molar-refractivity contribution is 5.63. The summed E-state index contributed by atoms with van der Waals surface area (Å²) in [5.41, 5.74) is 2.50. The van der Waals surface area contributed by atoms with Gasteiger partial charge in [0.2, 0.25) is 5.95 Å². The largest absolute Gasteiger partial charge is 0.416 e. The van der Waals surface area contributed by atoms with Gasteiger partial charge in [-0.15, -0.1) is 0 Å². The Morgan fingerprint density at radius 2 is 1.48 bits per heavy atom. The van der Waals surface area contributed by atoms with Gasteiger partial charge in [0.05, 0.1) is 18.8 Å². The van der Waals surface area contributed by atoms with Crippen LogP contribution in [0.4, 0.5) is 42.0 Å². The highest BCUT2D eigenvalue weighted by Gasteiger charge is 2.29. The maximum Gasteiger partial charge on any atom is 0.416 e. The maximum atomic E-state index is 12.7. The van der Waals surface area contributed by atoms with E-state index in [1.807, 2.05) is 31.2 Å². The molecule has 1 aliphatic rings. The normalized spacial score (nSPS) is 14.4. The van der Waals surface area contributed by atoms with Crippen molar-refractivity contribution >= 4 is 28.8 Å². The first kappa shape index (κ1) is 20.9. The highest BCUT2D eigenvalue weighted by atomic mass is 19.4. The Bertz CT molecular complexity index is 1020. The molecule has 2 aromatic carbocycles. The van der Waals surface area contributed by atoms with E-state index in [0.29, 0.717) is 17.5 Å². The van der Waals surface area contributed by atoms with Crippen LogP contribution in [0.5, 0.6) is 0 Å². The van der Waals surface area contributed by atoms with Gasteiger partial charge in [-0.3, -0.25) is 0 Å². The summed E-state index contributed by atoms with van der Waals surface area (Å²) in [5.74, 6) is 0.883. The second-order valence-electron chi connectivity index (χ2n) is 7.19. The molecule has 0 atom stereocenters. The minimum atomic E-state index is -4.37. The number of rotatable bonds is 5. The Labute approximate surface area is 178 Å². The highest BCUT2D eigenvalue weighted by Crippen LogP contribution is 2.30. The number of alkyl halides is 3. The van der Waals surface area contributed by atoms with Crippen LogP contribution in [0.2, 0.25) is 0 Å². The van der Waals surface area contributed by atoms with Crippen molar-refractivity contribution in [2.75, 3.05) is 41.8 Å². The number of aromatic nitrogens is 2. The van der Waals surface area contributed by atoms with Gasteiger partial charge in [-0.2, -0.15) is 18.2 Å². The number of ether oxygens (including phenoxy) is 1. The summed E-state index contributed by atoms with van der Waals surface area (Å²) in [6, 6.07) is 14.6. The van der Waals surface area contributed by atoms with Gasteiger partial charge in [-0.1, -0.05) is 0 Å². The molecule has 3 aromatic rings. The molecular formula is C22H22F3N5O. The Hall–Kier alpha value is -3.33. The second kappa shape index (κ2) is 8.81. The van der Waals surface area contributed by atoms with E-state index in [1.165, 1.54) is 12.1 Å². The van der Waals surface area contributed by atoms with Crippen LogP contribution in [0.3, 0.4) is 0 Å². The van der Waals surface area contributed by atoms with Crippen molar-refractivity contribution < 1.29 is 17.9 Å². The quantitative estimate of drug-likeness (QED) is 0.587. The van der Waals surface area contributed by atoms with Crippen LogP contribution in [0, 0.1) is 6.92 Å². The smallest absolute Gasteiger partial charge is 0.378 e. The lowest BCUT2D eigenvalue weighted by molar-refractivity contribution is -0.137. The molecule has 0 bridgehead atoms. The zero-order valence-corrected chi connectivity index (χ0v) is 16.9. The van der Waals surface area contributed by atoms with Gasteiger partial charge in [-0.25, -0.2) is 4.98 Å². The van der Waals surface area contributed by atoms with Crippen molar-refractivity contribution in [2.24, 2.45) is 0 Å². The topological polar surface area (TPSA) is 62.3 Å². The van der Waals surface area contributed by atoms with Crippen LogP contribution in [0.25, 0.3) is 0 Å². The molecule has 9 heteroatoms. The Morgan fingerprint density at radius 3 is 2.13 bits per heavy atom. The molecule has 1 aliphatic heterocycles. The molecule has 2 heterocycles. The number of hydrogen-bond donors (Lipinski definition) is 2. The molecule has 0 radical (unpaired) electrons. The number of aryl methyl sites for hydroxylation is 1. The average Bonchev–Trinajstić information content (AvgIpc) is 2.74. The summed E-state index contributed by atoms with van der Waals surface area (Å²) < 4.78 is 43.6. The molecular weight excluding hydrogens is 407 g/mol. The Morgan fingerprint density at radius 1 is 0.871 bits per heavy atom. The number of nitrogens with zero attached hydrogens (tertiary/aromatic N) is 3. The molecule has 4 rings (SSSR count). The van der Waals surface area contributed by atoms with E-state index in [0.717, 1.165) is 55.5 Å². The van der Waals surface area contributed by atoms with Gasteiger partial charge in [-0.05, 0) is 55.5 Å². The SMILES string of the molecule is Cc1cc(Nc2ccc(N3CCOCC3)cc2)nc(Nc2ccc(C(F)(F)F)cc2)n1. The van der Waals surface area contributed by atoms with Crippen molar-refractivity contribution in [2.45, 2.75) is 13.1 Å². The zero-order chi connectivity index (χ0) is 21.8. The first-order valence-electron chi connectivity index (χ1n) is 9.86. The molecule has 1 saturated heterocycles. The third kappa shape index (κ3) is 5.43. The lowest BCUT2D eigenvalue weighted by atomic mass is 10.2. The van der Waals surface area contributed by atoms with Crippen LogP contribution < -0.4 is 15.5 Å². The summed E-state index contributed by atoms with van der Waals surface area (Å²) in [5, 5.41) is 6.20. The molecule has 2 N–H and O–H groups in total. The average molecular weight is 429 g/mol. The molecule has 1 aromatic heterocycles. The molecule has 0 amide bonds. The number of morpholine rings is 1. The standard InChI is InChI=1S/C22H22F3N5O/c1-15-14-20(27-17-6-8-19(9-7-17)30-10-12-31-13-11-30)29-21(26-15)28-18-4-2-16(3-5-18)22(23,24)25/h2-9,14H,10-13H2,1H3,(H2,26,27,28,29). The number of halogens is 3. The second-order valence-corrected chi connectivity index (χ2v) is 7.19. The lowest BCUT2D eigenvalue weighted by Gasteiger charge is -2.28. The minimum absolute atomic E-state index is 0.298. The van der Waals surface area contributed by atoms with Crippen molar-refractivity contribution in [3.05, 3.63) is 65.9 Å². The maximum absolute atomic E-state index is 12.7. The van der Waals surface area contributed by atoms with E-state index in [-0.39, 0.29) is 0 Å². The van der Waals surface area contributed by atoms with Gasteiger partial charge in [0, 0.05) is 41.9 Å². The zero-order valence-electron chi connectivity index (χ0n) is 16.9. The molecule has 0 spiro atoms. The Kier molecular flexibility index (Phi) is 5.94. The summed E-state index contributed by atoms with van der Waals surface area (Å²) >= 11 is 0. The van der Waals surface area contributed by atoms with Crippen molar-refractivity contribution in [1.82, 2.24) is 9.97 Å².